The van der Waals surface area contributed by atoms with Crippen LogP contribution in [0, 0.1) is 5.92 Å². The van der Waals surface area contributed by atoms with E-state index in [0.29, 0.717) is 17.7 Å². The van der Waals surface area contributed by atoms with Crippen LogP contribution in [0.4, 0.5) is 4.39 Å². The summed E-state index contributed by atoms with van der Waals surface area (Å²) in [7, 11) is 0. The van der Waals surface area contributed by atoms with Crippen LogP contribution >= 0.6 is 0 Å². The third-order valence-corrected chi connectivity index (χ3v) is 5.58. The highest BCUT2D eigenvalue weighted by Gasteiger charge is 2.38. The standard InChI is InChI=1S/C22H24FN5O2/c1-3-4-9-24-11-15-7-5-6-8-19(15)28-13-18-17(22(28)29)10-16(12-25-18)21-27-26-20(30-21)14(2)23/h3-4,9-12,14-15,19H,1,5-8,13H2,2H3/b9-4-,24-11+/t14?,15-,19?/m0/s1. The maximum atomic E-state index is 13.4. The molecule has 3 heterocycles. The van der Waals surface area contributed by atoms with E-state index >= 15 is 0 Å². The van der Waals surface area contributed by atoms with Gasteiger partial charge in [-0.05, 0) is 31.9 Å². The van der Waals surface area contributed by atoms with E-state index in [1.165, 1.54) is 6.92 Å². The van der Waals surface area contributed by atoms with Gasteiger partial charge >= 0.3 is 0 Å². The van der Waals surface area contributed by atoms with Crippen LogP contribution in [-0.2, 0) is 6.54 Å². The largest absolute Gasteiger partial charge is 0.417 e. The topological polar surface area (TPSA) is 84.5 Å². The summed E-state index contributed by atoms with van der Waals surface area (Å²) >= 11 is 0. The fraction of sp³-hybridized carbons (Fsp3) is 0.409. The first kappa shape index (κ1) is 20.1. The van der Waals surface area contributed by atoms with Crippen molar-refractivity contribution in [2.75, 3.05) is 0 Å². The lowest BCUT2D eigenvalue weighted by Crippen LogP contribution is -2.43. The second kappa shape index (κ2) is 8.69. The average molecular weight is 409 g/mol. The van der Waals surface area contributed by atoms with Gasteiger partial charge in [-0.1, -0.05) is 25.5 Å². The van der Waals surface area contributed by atoms with Crippen molar-refractivity contribution in [3.05, 3.63) is 54.3 Å². The number of hydrogen-bond acceptors (Lipinski definition) is 6. The first-order chi connectivity index (χ1) is 14.6. The summed E-state index contributed by atoms with van der Waals surface area (Å²) < 4.78 is 18.7. The number of aliphatic imine (C=N–C) groups is 1. The minimum absolute atomic E-state index is 0.0510. The molecule has 0 saturated heterocycles. The van der Waals surface area contributed by atoms with E-state index in [1.54, 1.807) is 30.6 Å². The zero-order chi connectivity index (χ0) is 21.1. The van der Waals surface area contributed by atoms with Crippen LogP contribution in [0.5, 0.6) is 0 Å². The molecule has 2 unspecified atom stereocenters. The van der Waals surface area contributed by atoms with E-state index in [1.807, 2.05) is 11.1 Å². The van der Waals surface area contributed by atoms with Gasteiger partial charge in [-0.3, -0.25) is 14.8 Å². The smallest absolute Gasteiger partial charge is 0.256 e. The van der Waals surface area contributed by atoms with Crippen LogP contribution < -0.4 is 0 Å². The molecule has 0 aromatic carbocycles. The molecule has 4 rings (SSSR count). The molecule has 1 saturated carbocycles. The summed E-state index contributed by atoms with van der Waals surface area (Å²) in [5.74, 6) is 0.224. The number of carbonyl (C=O) groups is 1. The van der Waals surface area contributed by atoms with Crippen molar-refractivity contribution in [1.82, 2.24) is 20.1 Å². The first-order valence-corrected chi connectivity index (χ1v) is 10.2. The third kappa shape index (κ3) is 3.94. The lowest BCUT2D eigenvalue weighted by Gasteiger charge is -2.36. The maximum Gasteiger partial charge on any atom is 0.256 e. The summed E-state index contributed by atoms with van der Waals surface area (Å²) in [5.41, 5.74) is 1.78. The fourth-order valence-corrected chi connectivity index (χ4v) is 4.06. The van der Waals surface area contributed by atoms with Crippen molar-refractivity contribution in [3.8, 4) is 11.5 Å². The molecule has 0 bridgehead atoms. The molecule has 1 amide bonds. The van der Waals surface area contributed by atoms with Crippen molar-refractivity contribution in [2.45, 2.75) is 51.4 Å². The molecular weight excluding hydrogens is 385 g/mol. The van der Waals surface area contributed by atoms with E-state index in [-0.39, 0.29) is 29.6 Å². The quantitative estimate of drug-likeness (QED) is 0.520. The Morgan fingerprint density at radius 2 is 2.20 bits per heavy atom. The molecule has 1 fully saturated rings. The number of carbonyl (C=O) groups excluding carboxylic acids is 1. The third-order valence-electron chi connectivity index (χ3n) is 5.58. The van der Waals surface area contributed by atoms with Crippen molar-refractivity contribution < 1.29 is 13.6 Å². The van der Waals surface area contributed by atoms with E-state index < -0.39 is 6.17 Å². The van der Waals surface area contributed by atoms with E-state index in [0.717, 1.165) is 31.4 Å². The Bertz CT molecular complexity index is 997. The van der Waals surface area contributed by atoms with Crippen LogP contribution in [0.15, 0.2) is 46.6 Å². The van der Waals surface area contributed by atoms with E-state index in [2.05, 4.69) is 26.8 Å². The lowest BCUT2D eigenvalue weighted by atomic mass is 9.84. The lowest BCUT2D eigenvalue weighted by molar-refractivity contribution is 0.0621. The van der Waals surface area contributed by atoms with Crippen LogP contribution in [-0.4, -0.2) is 38.2 Å². The molecule has 1 aliphatic carbocycles. The Kier molecular flexibility index (Phi) is 5.83. The Labute approximate surface area is 174 Å². The highest BCUT2D eigenvalue weighted by molar-refractivity contribution is 5.99. The molecule has 156 valence electrons. The zero-order valence-electron chi connectivity index (χ0n) is 16.9. The van der Waals surface area contributed by atoms with Crippen molar-refractivity contribution >= 4 is 12.1 Å². The molecular formula is C22H24FN5O2. The summed E-state index contributed by atoms with van der Waals surface area (Å²) in [4.78, 5) is 23.9. The van der Waals surface area contributed by atoms with Gasteiger partial charge in [0.15, 0.2) is 6.17 Å². The number of nitrogens with zero attached hydrogens (tertiary/aromatic N) is 5. The van der Waals surface area contributed by atoms with Crippen LogP contribution in [0.25, 0.3) is 11.5 Å². The molecule has 7 nitrogen and oxygen atoms in total. The molecule has 0 spiro atoms. The summed E-state index contributed by atoms with van der Waals surface area (Å²) in [6.45, 7) is 5.45. The molecule has 30 heavy (non-hydrogen) atoms. The predicted molar refractivity (Wildman–Crippen MR) is 111 cm³/mol. The number of fused-ring (bicyclic) bond motifs is 1. The minimum atomic E-state index is -1.35. The Hall–Kier alpha value is -3.16. The molecule has 0 N–H and O–H groups in total. The van der Waals surface area contributed by atoms with Gasteiger partial charge in [0.2, 0.25) is 5.89 Å². The molecule has 2 aromatic heterocycles. The fourth-order valence-electron chi connectivity index (χ4n) is 4.06. The summed E-state index contributed by atoms with van der Waals surface area (Å²) in [5, 5.41) is 7.58. The van der Waals surface area contributed by atoms with Crippen molar-refractivity contribution in [2.24, 2.45) is 10.9 Å². The second-order valence-electron chi connectivity index (χ2n) is 7.60. The summed E-state index contributed by atoms with van der Waals surface area (Å²) in [6, 6.07) is 1.80. The van der Waals surface area contributed by atoms with Crippen LogP contribution in [0.3, 0.4) is 0 Å². The molecule has 3 atom stereocenters. The maximum absolute atomic E-state index is 13.4. The van der Waals surface area contributed by atoms with Gasteiger partial charge in [0.05, 0.1) is 23.4 Å². The van der Waals surface area contributed by atoms with E-state index in [4.69, 9.17) is 4.42 Å². The number of amides is 1. The van der Waals surface area contributed by atoms with Crippen LogP contribution in [0.1, 0.15) is 60.7 Å². The van der Waals surface area contributed by atoms with Crippen LogP contribution in [0.2, 0.25) is 0 Å². The second-order valence-corrected chi connectivity index (χ2v) is 7.60. The van der Waals surface area contributed by atoms with Gasteiger partial charge in [-0.2, -0.15) is 0 Å². The first-order valence-electron chi connectivity index (χ1n) is 10.2. The number of hydrogen-bond donors (Lipinski definition) is 0. The zero-order valence-corrected chi connectivity index (χ0v) is 16.9. The highest BCUT2D eigenvalue weighted by Crippen LogP contribution is 2.34. The number of rotatable bonds is 6. The Morgan fingerprint density at radius 1 is 1.37 bits per heavy atom. The highest BCUT2D eigenvalue weighted by atomic mass is 19.1. The molecule has 2 aliphatic rings. The summed E-state index contributed by atoms with van der Waals surface area (Å²) in [6.07, 6.45) is 11.5. The molecule has 2 aromatic rings. The van der Waals surface area contributed by atoms with Gasteiger partial charge < -0.3 is 9.32 Å². The van der Waals surface area contributed by atoms with E-state index in [9.17, 15) is 9.18 Å². The van der Waals surface area contributed by atoms with Gasteiger partial charge in [0, 0.05) is 30.6 Å². The predicted octanol–water partition coefficient (Wildman–Crippen LogP) is 4.45. The van der Waals surface area contributed by atoms with Gasteiger partial charge in [0.1, 0.15) is 0 Å². The Balaban J connectivity index is 1.56. The monoisotopic (exact) mass is 409 g/mol. The minimum Gasteiger partial charge on any atom is -0.417 e. The van der Waals surface area contributed by atoms with Gasteiger partial charge in [-0.25, -0.2) is 4.39 Å². The number of allylic oxidation sites excluding steroid dienone is 2. The number of aromatic nitrogens is 3. The number of pyridine rings is 1. The SMILES string of the molecule is C=C/C=C\N=C\[C@@H]1CCCCC1N1Cc2ncc(-c3nnc(C(C)F)o3)cc2C1=O. The molecule has 0 radical (unpaired) electrons. The normalized spacial score (nSPS) is 22.7. The molecule has 1 aliphatic heterocycles. The number of halogens is 1. The molecule has 8 heteroatoms. The Morgan fingerprint density at radius 3 is 2.97 bits per heavy atom. The van der Waals surface area contributed by atoms with Gasteiger partial charge in [-0.15, -0.1) is 10.2 Å². The number of alkyl halides is 1. The van der Waals surface area contributed by atoms with Crippen molar-refractivity contribution in [3.63, 3.8) is 0 Å². The van der Waals surface area contributed by atoms with Gasteiger partial charge in [0.25, 0.3) is 11.8 Å². The van der Waals surface area contributed by atoms with Crippen molar-refractivity contribution in [1.29, 1.82) is 0 Å². The average Bonchev–Trinajstić information content (AvgIpc) is 3.37.